The van der Waals surface area contributed by atoms with E-state index in [9.17, 15) is 9.90 Å². The molecule has 0 saturated carbocycles. The van der Waals surface area contributed by atoms with Crippen LogP contribution in [0.15, 0.2) is 60.8 Å². The first kappa shape index (κ1) is 18.2. The van der Waals surface area contributed by atoms with Gasteiger partial charge in [-0.05, 0) is 36.4 Å². The van der Waals surface area contributed by atoms with Gasteiger partial charge in [0.2, 0.25) is 5.82 Å². The van der Waals surface area contributed by atoms with Crippen LogP contribution >= 0.6 is 0 Å². The molecule has 1 amide bonds. The Morgan fingerprint density at radius 2 is 1.90 bits per heavy atom. The standard InChI is InChI=1S/C21H19N7O2/c1-26(15-5-3-2-4-6-15)19-8-7-18-23-24-20(28(18)25-19)17-11-14(9-10-22-17)21(30)27-12-16(29)13-27/h2-11,16,29H,12-13H2,1H3. The van der Waals surface area contributed by atoms with Gasteiger partial charge in [0.15, 0.2) is 11.5 Å². The lowest BCUT2D eigenvalue weighted by atomic mass is 10.1. The maximum Gasteiger partial charge on any atom is 0.254 e. The Kier molecular flexibility index (Phi) is 4.36. The van der Waals surface area contributed by atoms with E-state index in [1.807, 2.05) is 54.4 Å². The van der Waals surface area contributed by atoms with Crippen LogP contribution in [0.1, 0.15) is 10.4 Å². The van der Waals surface area contributed by atoms with Crippen molar-refractivity contribution in [3.8, 4) is 11.5 Å². The summed E-state index contributed by atoms with van der Waals surface area (Å²) in [6.07, 6.45) is 1.12. The van der Waals surface area contributed by atoms with Gasteiger partial charge in [0.25, 0.3) is 5.91 Å². The highest BCUT2D eigenvalue weighted by Gasteiger charge is 2.29. The van der Waals surface area contributed by atoms with E-state index >= 15 is 0 Å². The van der Waals surface area contributed by atoms with Gasteiger partial charge in [-0.2, -0.15) is 4.52 Å². The smallest absolute Gasteiger partial charge is 0.254 e. The SMILES string of the molecule is CN(c1ccccc1)c1ccc2nnc(-c3cc(C(=O)N4CC(O)C4)ccn3)n2n1. The number of aromatic nitrogens is 5. The second kappa shape index (κ2) is 7.20. The number of pyridine rings is 1. The van der Waals surface area contributed by atoms with E-state index in [2.05, 4.69) is 20.3 Å². The highest BCUT2D eigenvalue weighted by atomic mass is 16.3. The summed E-state index contributed by atoms with van der Waals surface area (Å²) in [6, 6.07) is 17.0. The largest absolute Gasteiger partial charge is 0.389 e. The summed E-state index contributed by atoms with van der Waals surface area (Å²) in [4.78, 5) is 20.5. The van der Waals surface area contributed by atoms with Crippen molar-refractivity contribution in [3.63, 3.8) is 0 Å². The minimum atomic E-state index is -0.445. The van der Waals surface area contributed by atoms with Gasteiger partial charge in [-0.15, -0.1) is 15.3 Å². The number of benzene rings is 1. The van der Waals surface area contributed by atoms with Gasteiger partial charge >= 0.3 is 0 Å². The molecule has 1 aliphatic rings. The highest BCUT2D eigenvalue weighted by molar-refractivity contribution is 5.95. The molecule has 4 aromatic rings. The molecule has 1 N–H and O–H groups in total. The molecule has 0 aliphatic carbocycles. The van der Waals surface area contributed by atoms with Gasteiger partial charge < -0.3 is 14.9 Å². The number of hydrogen-bond acceptors (Lipinski definition) is 7. The summed E-state index contributed by atoms with van der Waals surface area (Å²) < 4.78 is 1.62. The molecule has 5 rings (SSSR count). The molecule has 0 radical (unpaired) electrons. The van der Waals surface area contributed by atoms with Gasteiger partial charge in [-0.3, -0.25) is 9.78 Å². The second-order valence-electron chi connectivity index (χ2n) is 7.17. The van der Waals surface area contributed by atoms with Crippen LogP contribution in [0.25, 0.3) is 17.2 Å². The lowest BCUT2D eigenvalue weighted by Gasteiger charge is -2.35. The van der Waals surface area contributed by atoms with E-state index in [0.717, 1.165) is 11.5 Å². The average Bonchev–Trinajstić information content (AvgIpc) is 3.20. The number of likely N-dealkylation sites (tertiary alicyclic amines) is 1. The molecule has 0 atom stereocenters. The van der Waals surface area contributed by atoms with Gasteiger partial charge in [0.05, 0.1) is 6.10 Å². The first-order chi connectivity index (χ1) is 14.6. The van der Waals surface area contributed by atoms with E-state index in [4.69, 9.17) is 0 Å². The summed E-state index contributed by atoms with van der Waals surface area (Å²) in [7, 11) is 1.94. The number of carbonyl (C=O) groups is 1. The quantitative estimate of drug-likeness (QED) is 0.556. The fourth-order valence-electron chi connectivity index (χ4n) is 3.39. The number of aliphatic hydroxyl groups excluding tert-OH is 1. The molecule has 0 bridgehead atoms. The molecule has 150 valence electrons. The number of amides is 1. The van der Waals surface area contributed by atoms with Crippen molar-refractivity contribution < 1.29 is 9.90 Å². The molecule has 1 saturated heterocycles. The number of para-hydroxylation sites is 1. The molecular weight excluding hydrogens is 382 g/mol. The maximum atomic E-state index is 12.6. The Hall–Kier alpha value is -3.85. The Bertz CT molecular complexity index is 1220. The molecule has 1 fully saturated rings. The molecular formula is C21H19N7O2. The minimum absolute atomic E-state index is 0.143. The minimum Gasteiger partial charge on any atom is -0.389 e. The Labute approximate surface area is 172 Å². The summed E-state index contributed by atoms with van der Waals surface area (Å²) in [5, 5.41) is 22.5. The molecule has 1 aromatic carbocycles. The number of hydrogen-bond donors (Lipinski definition) is 1. The Balaban J connectivity index is 1.50. The van der Waals surface area contributed by atoms with E-state index in [-0.39, 0.29) is 5.91 Å². The first-order valence-electron chi connectivity index (χ1n) is 9.55. The summed E-state index contributed by atoms with van der Waals surface area (Å²) >= 11 is 0. The van der Waals surface area contributed by atoms with Crippen molar-refractivity contribution in [1.82, 2.24) is 29.7 Å². The number of fused-ring (bicyclic) bond motifs is 1. The van der Waals surface area contributed by atoms with E-state index < -0.39 is 6.10 Å². The van der Waals surface area contributed by atoms with Gasteiger partial charge in [-0.25, -0.2) is 0 Å². The van der Waals surface area contributed by atoms with Crippen LogP contribution in [0.4, 0.5) is 11.5 Å². The van der Waals surface area contributed by atoms with Crippen LogP contribution < -0.4 is 4.90 Å². The fraction of sp³-hybridized carbons (Fsp3) is 0.190. The lowest BCUT2D eigenvalue weighted by Crippen LogP contribution is -2.53. The van der Waals surface area contributed by atoms with Crippen LogP contribution in [0.5, 0.6) is 0 Å². The first-order valence-corrected chi connectivity index (χ1v) is 9.55. The highest BCUT2D eigenvalue weighted by Crippen LogP contribution is 2.23. The van der Waals surface area contributed by atoms with E-state index in [1.165, 1.54) is 0 Å². The number of carbonyl (C=O) groups excluding carboxylic acids is 1. The predicted molar refractivity (Wildman–Crippen MR) is 110 cm³/mol. The predicted octanol–water partition coefficient (Wildman–Crippen LogP) is 1.77. The third-order valence-electron chi connectivity index (χ3n) is 5.12. The summed E-state index contributed by atoms with van der Waals surface area (Å²) in [6.45, 7) is 0.697. The molecule has 3 aromatic heterocycles. The van der Waals surface area contributed by atoms with E-state index in [1.54, 1.807) is 27.7 Å². The number of rotatable bonds is 4. The van der Waals surface area contributed by atoms with Crippen molar-refractivity contribution in [3.05, 3.63) is 66.4 Å². The normalized spacial score (nSPS) is 14.0. The monoisotopic (exact) mass is 401 g/mol. The zero-order chi connectivity index (χ0) is 20.7. The molecule has 9 heteroatoms. The third-order valence-corrected chi connectivity index (χ3v) is 5.12. The number of aliphatic hydroxyl groups is 1. The fourth-order valence-corrected chi connectivity index (χ4v) is 3.39. The van der Waals surface area contributed by atoms with Crippen molar-refractivity contribution in [2.24, 2.45) is 0 Å². The topological polar surface area (TPSA) is 99.8 Å². The van der Waals surface area contributed by atoms with Crippen LogP contribution in [0, 0.1) is 0 Å². The third kappa shape index (κ3) is 3.15. The molecule has 30 heavy (non-hydrogen) atoms. The number of β-amino-alcohol motifs (C(OH)–C–C–N with tert-alkyl or cyclic N) is 1. The van der Waals surface area contributed by atoms with E-state index in [0.29, 0.717) is 35.8 Å². The molecule has 4 heterocycles. The van der Waals surface area contributed by atoms with Crippen molar-refractivity contribution in [1.29, 1.82) is 0 Å². The Morgan fingerprint density at radius 3 is 2.67 bits per heavy atom. The zero-order valence-corrected chi connectivity index (χ0v) is 16.3. The van der Waals surface area contributed by atoms with Crippen LogP contribution in [0.2, 0.25) is 0 Å². The Morgan fingerprint density at radius 1 is 1.10 bits per heavy atom. The summed E-state index contributed by atoms with van der Waals surface area (Å²) in [5.41, 5.74) is 2.57. The lowest BCUT2D eigenvalue weighted by molar-refractivity contribution is 0.00589. The average molecular weight is 401 g/mol. The van der Waals surface area contributed by atoms with Crippen LogP contribution in [-0.4, -0.2) is 67.0 Å². The molecule has 0 spiro atoms. The van der Waals surface area contributed by atoms with Crippen LogP contribution in [0.3, 0.4) is 0 Å². The number of nitrogens with zero attached hydrogens (tertiary/aromatic N) is 7. The van der Waals surface area contributed by atoms with Crippen molar-refractivity contribution in [2.45, 2.75) is 6.10 Å². The number of anilines is 2. The second-order valence-corrected chi connectivity index (χ2v) is 7.17. The van der Waals surface area contributed by atoms with Gasteiger partial charge in [0, 0.05) is 37.6 Å². The van der Waals surface area contributed by atoms with Crippen molar-refractivity contribution in [2.75, 3.05) is 25.0 Å². The van der Waals surface area contributed by atoms with Crippen LogP contribution in [-0.2, 0) is 0 Å². The maximum absolute atomic E-state index is 12.6. The zero-order valence-electron chi connectivity index (χ0n) is 16.3. The summed E-state index contributed by atoms with van der Waals surface area (Å²) in [5.74, 6) is 1.03. The molecule has 9 nitrogen and oxygen atoms in total. The molecule has 1 aliphatic heterocycles. The molecule has 0 unspecified atom stereocenters. The van der Waals surface area contributed by atoms with Gasteiger partial charge in [0.1, 0.15) is 5.69 Å². The van der Waals surface area contributed by atoms with Crippen molar-refractivity contribution >= 4 is 23.1 Å². The van der Waals surface area contributed by atoms with Gasteiger partial charge in [-0.1, -0.05) is 18.2 Å².